The highest BCUT2D eigenvalue weighted by Gasteiger charge is 2.52. The molecule has 0 aromatic carbocycles. The zero-order valence-corrected chi connectivity index (χ0v) is 13.5. The topological polar surface area (TPSA) is 31.4 Å². The van der Waals surface area contributed by atoms with Crippen LogP contribution in [0, 0.1) is 6.92 Å². The van der Waals surface area contributed by atoms with E-state index < -0.39 is 7.12 Å². The number of nitrogens with zero attached hydrogens (tertiary/aromatic N) is 1. The van der Waals surface area contributed by atoms with Crippen LogP contribution in [0.4, 0.5) is 0 Å². The highest BCUT2D eigenvalue weighted by atomic mass is 79.9. The van der Waals surface area contributed by atoms with Gasteiger partial charge in [-0.15, -0.1) is 0 Å². The number of hydrogen-bond donors (Lipinski definition) is 0. The lowest BCUT2D eigenvalue weighted by Gasteiger charge is -2.32. The Morgan fingerprint density at radius 2 is 1.72 bits per heavy atom. The Hall–Kier alpha value is -0.0951. The number of halogens is 2. The quantitative estimate of drug-likeness (QED) is 0.585. The van der Waals surface area contributed by atoms with Crippen LogP contribution in [-0.2, 0) is 9.31 Å². The van der Waals surface area contributed by atoms with Crippen LogP contribution >= 0.6 is 27.5 Å². The fraction of sp³-hybridized carbons (Fsp3) is 0.583. The predicted octanol–water partition coefficient (Wildman–Crippen LogP) is 3.11. The second-order valence-electron chi connectivity index (χ2n) is 5.56. The van der Waals surface area contributed by atoms with Gasteiger partial charge in [-0.3, -0.25) is 0 Å². The molecule has 0 aliphatic carbocycles. The SMILES string of the molecule is Cc1cc(B2OC(C)(C)C(C)(C)O2)c(Br)nc1Cl. The van der Waals surface area contributed by atoms with E-state index in [-0.39, 0.29) is 11.2 Å². The summed E-state index contributed by atoms with van der Waals surface area (Å²) in [6.07, 6.45) is 0. The van der Waals surface area contributed by atoms with E-state index in [4.69, 9.17) is 20.9 Å². The molecule has 0 radical (unpaired) electrons. The molecule has 18 heavy (non-hydrogen) atoms. The van der Waals surface area contributed by atoms with Crippen LogP contribution in [-0.4, -0.2) is 23.3 Å². The minimum absolute atomic E-state index is 0.357. The fourth-order valence-corrected chi connectivity index (χ4v) is 2.45. The molecule has 1 fully saturated rings. The molecule has 1 aromatic rings. The molecule has 0 spiro atoms. The van der Waals surface area contributed by atoms with E-state index in [0.29, 0.717) is 9.76 Å². The molecule has 0 atom stereocenters. The van der Waals surface area contributed by atoms with Gasteiger partial charge in [0.15, 0.2) is 0 Å². The minimum Gasteiger partial charge on any atom is -0.399 e. The van der Waals surface area contributed by atoms with Crippen LogP contribution in [0.15, 0.2) is 10.7 Å². The summed E-state index contributed by atoms with van der Waals surface area (Å²) < 4.78 is 12.6. The van der Waals surface area contributed by atoms with Gasteiger partial charge in [-0.2, -0.15) is 0 Å². The molecule has 0 bridgehead atoms. The van der Waals surface area contributed by atoms with Gasteiger partial charge in [0.05, 0.1) is 11.2 Å². The Balaban J connectivity index is 2.38. The third kappa shape index (κ3) is 2.33. The van der Waals surface area contributed by atoms with E-state index in [0.717, 1.165) is 11.0 Å². The number of aryl methyl sites for hydroxylation is 1. The van der Waals surface area contributed by atoms with Gasteiger partial charge in [-0.05, 0) is 56.1 Å². The number of aromatic nitrogens is 1. The van der Waals surface area contributed by atoms with Crippen molar-refractivity contribution in [2.24, 2.45) is 0 Å². The van der Waals surface area contributed by atoms with Crippen molar-refractivity contribution in [2.45, 2.75) is 45.8 Å². The third-order valence-electron chi connectivity index (χ3n) is 3.64. The van der Waals surface area contributed by atoms with E-state index in [1.54, 1.807) is 0 Å². The summed E-state index contributed by atoms with van der Waals surface area (Å²) in [5, 5.41) is 0.488. The maximum Gasteiger partial charge on any atom is 0.497 e. The summed E-state index contributed by atoms with van der Waals surface area (Å²) in [6, 6.07) is 1.95. The highest BCUT2D eigenvalue weighted by Crippen LogP contribution is 2.37. The van der Waals surface area contributed by atoms with Gasteiger partial charge in [0.2, 0.25) is 0 Å². The van der Waals surface area contributed by atoms with Gasteiger partial charge >= 0.3 is 7.12 Å². The van der Waals surface area contributed by atoms with Gasteiger partial charge < -0.3 is 9.31 Å². The van der Waals surface area contributed by atoms with Crippen molar-refractivity contribution in [3.8, 4) is 0 Å². The third-order valence-corrected chi connectivity index (χ3v) is 4.66. The van der Waals surface area contributed by atoms with E-state index in [1.165, 1.54) is 0 Å². The van der Waals surface area contributed by atoms with E-state index in [2.05, 4.69) is 20.9 Å². The van der Waals surface area contributed by atoms with E-state index in [1.807, 2.05) is 40.7 Å². The van der Waals surface area contributed by atoms with Crippen LogP contribution in [0.5, 0.6) is 0 Å². The lowest BCUT2D eigenvalue weighted by atomic mass is 9.80. The molecule has 1 aromatic heterocycles. The second-order valence-corrected chi connectivity index (χ2v) is 6.67. The zero-order valence-electron chi connectivity index (χ0n) is 11.2. The summed E-state index contributed by atoms with van der Waals surface area (Å²) in [5.74, 6) is 0. The molecule has 1 aliphatic rings. The lowest BCUT2D eigenvalue weighted by Crippen LogP contribution is -2.41. The summed E-state index contributed by atoms with van der Waals surface area (Å²) in [4.78, 5) is 4.24. The smallest absolute Gasteiger partial charge is 0.399 e. The average Bonchev–Trinajstić information content (AvgIpc) is 2.42. The predicted molar refractivity (Wildman–Crippen MR) is 77.4 cm³/mol. The van der Waals surface area contributed by atoms with Gasteiger partial charge in [-0.1, -0.05) is 17.7 Å². The first-order valence-corrected chi connectivity index (χ1v) is 6.99. The molecule has 98 valence electrons. The molecule has 0 saturated carbocycles. The molecular formula is C12H16BBrClNO2. The largest absolute Gasteiger partial charge is 0.497 e. The molecule has 2 heterocycles. The van der Waals surface area contributed by atoms with Crippen molar-refractivity contribution >= 4 is 40.1 Å². The van der Waals surface area contributed by atoms with Crippen molar-refractivity contribution in [2.75, 3.05) is 0 Å². The van der Waals surface area contributed by atoms with Crippen LogP contribution in [0.1, 0.15) is 33.3 Å². The molecule has 1 aliphatic heterocycles. The Bertz CT molecular complexity index is 477. The summed E-state index contributed by atoms with van der Waals surface area (Å²) >= 11 is 9.39. The summed E-state index contributed by atoms with van der Waals surface area (Å²) in [5.41, 5.74) is 1.06. The number of rotatable bonds is 1. The highest BCUT2D eigenvalue weighted by molar-refractivity contribution is 9.10. The Morgan fingerprint density at radius 1 is 1.22 bits per heavy atom. The van der Waals surface area contributed by atoms with Gasteiger partial charge in [-0.25, -0.2) is 4.98 Å². The van der Waals surface area contributed by atoms with Crippen LogP contribution < -0.4 is 5.46 Å². The van der Waals surface area contributed by atoms with Gasteiger partial charge in [0.1, 0.15) is 9.76 Å². The maximum absolute atomic E-state index is 5.99. The maximum atomic E-state index is 5.99. The van der Waals surface area contributed by atoms with Crippen LogP contribution in [0.25, 0.3) is 0 Å². The summed E-state index contributed by atoms with van der Waals surface area (Å²) in [7, 11) is -0.423. The first kappa shape index (κ1) is 14.3. The molecular weight excluding hydrogens is 316 g/mol. The van der Waals surface area contributed by atoms with Gasteiger partial charge in [0, 0.05) is 5.46 Å². The zero-order chi connectivity index (χ0) is 13.7. The van der Waals surface area contributed by atoms with Crippen LogP contribution in [0.2, 0.25) is 5.15 Å². The fourth-order valence-electron chi connectivity index (χ4n) is 1.73. The monoisotopic (exact) mass is 331 g/mol. The van der Waals surface area contributed by atoms with E-state index in [9.17, 15) is 0 Å². The molecule has 3 nitrogen and oxygen atoms in total. The molecule has 6 heteroatoms. The molecule has 0 N–H and O–H groups in total. The van der Waals surface area contributed by atoms with Crippen molar-refractivity contribution in [1.82, 2.24) is 4.98 Å². The average molecular weight is 332 g/mol. The molecule has 2 rings (SSSR count). The Morgan fingerprint density at radius 3 is 2.22 bits per heavy atom. The molecule has 1 saturated heterocycles. The van der Waals surface area contributed by atoms with Crippen LogP contribution in [0.3, 0.4) is 0 Å². The minimum atomic E-state index is -0.423. The number of hydrogen-bond acceptors (Lipinski definition) is 3. The lowest BCUT2D eigenvalue weighted by molar-refractivity contribution is 0.00578. The number of pyridine rings is 1. The van der Waals surface area contributed by atoms with Crippen molar-refractivity contribution in [3.05, 3.63) is 21.4 Å². The Kier molecular flexibility index (Phi) is 3.56. The molecule has 0 unspecified atom stereocenters. The standard InChI is InChI=1S/C12H16BBrClNO2/c1-7-6-8(9(14)16-10(7)15)13-17-11(2,3)12(4,5)18-13/h6H,1-5H3. The van der Waals surface area contributed by atoms with Crippen molar-refractivity contribution < 1.29 is 9.31 Å². The van der Waals surface area contributed by atoms with Gasteiger partial charge in [0.25, 0.3) is 0 Å². The first-order valence-electron chi connectivity index (χ1n) is 5.82. The second kappa shape index (κ2) is 4.48. The molecule has 0 amide bonds. The van der Waals surface area contributed by atoms with Crippen molar-refractivity contribution in [3.63, 3.8) is 0 Å². The first-order chi connectivity index (χ1) is 8.14. The van der Waals surface area contributed by atoms with Crippen molar-refractivity contribution in [1.29, 1.82) is 0 Å². The van der Waals surface area contributed by atoms with E-state index >= 15 is 0 Å². The Labute approximate surface area is 121 Å². The normalized spacial score (nSPS) is 21.4. The summed E-state index contributed by atoms with van der Waals surface area (Å²) in [6.45, 7) is 10.0.